The SMILES string of the molecule is CCS(=O)(=O)c1ccccc1C(=O)N[C@@H](C)c1cccc2ccccc12. The molecule has 4 nitrogen and oxygen atoms in total. The van der Waals surface area contributed by atoms with Crippen LogP contribution in [0.3, 0.4) is 0 Å². The molecule has 0 spiro atoms. The summed E-state index contributed by atoms with van der Waals surface area (Å²) in [5, 5.41) is 5.10. The highest BCUT2D eigenvalue weighted by molar-refractivity contribution is 7.91. The highest BCUT2D eigenvalue weighted by Crippen LogP contribution is 2.25. The number of fused-ring (bicyclic) bond motifs is 1. The molecule has 1 N–H and O–H groups in total. The number of hydrogen-bond donors (Lipinski definition) is 1. The van der Waals surface area contributed by atoms with E-state index in [0.717, 1.165) is 16.3 Å². The average molecular weight is 367 g/mol. The van der Waals surface area contributed by atoms with E-state index in [0.29, 0.717) is 0 Å². The fraction of sp³-hybridized carbons (Fsp3) is 0.190. The minimum atomic E-state index is -3.47. The Kier molecular flexibility index (Phi) is 5.09. The molecular weight excluding hydrogens is 346 g/mol. The lowest BCUT2D eigenvalue weighted by Crippen LogP contribution is -2.28. The molecule has 0 unspecified atom stereocenters. The molecule has 0 bridgehead atoms. The van der Waals surface area contributed by atoms with Crippen LogP contribution in [-0.4, -0.2) is 20.1 Å². The highest BCUT2D eigenvalue weighted by atomic mass is 32.2. The van der Waals surface area contributed by atoms with Crippen molar-refractivity contribution in [2.24, 2.45) is 0 Å². The van der Waals surface area contributed by atoms with Gasteiger partial charge in [0.15, 0.2) is 9.84 Å². The first kappa shape index (κ1) is 18.1. The molecule has 0 fully saturated rings. The lowest BCUT2D eigenvalue weighted by molar-refractivity contribution is 0.0937. The van der Waals surface area contributed by atoms with Gasteiger partial charge in [-0.2, -0.15) is 0 Å². The second-order valence-corrected chi connectivity index (χ2v) is 8.41. The maximum absolute atomic E-state index is 12.8. The Morgan fingerprint density at radius 2 is 1.62 bits per heavy atom. The number of sulfone groups is 1. The molecule has 3 rings (SSSR count). The molecule has 5 heteroatoms. The predicted octanol–water partition coefficient (Wildman–Crippen LogP) is 4.12. The molecule has 0 heterocycles. The zero-order valence-electron chi connectivity index (χ0n) is 14.8. The van der Waals surface area contributed by atoms with Gasteiger partial charge in [-0.25, -0.2) is 8.42 Å². The van der Waals surface area contributed by atoms with Crippen LogP contribution in [0, 0.1) is 0 Å². The molecule has 3 aromatic rings. The third-order valence-corrected chi connectivity index (χ3v) is 6.27. The van der Waals surface area contributed by atoms with Crippen molar-refractivity contribution in [2.75, 3.05) is 5.75 Å². The van der Waals surface area contributed by atoms with Crippen LogP contribution in [0.5, 0.6) is 0 Å². The van der Waals surface area contributed by atoms with Crippen LogP contribution in [-0.2, 0) is 9.84 Å². The topological polar surface area (TPSA) is 63.2 Å². The quantitative estimate of drug-likeness (QED) is 0.738. The van der Waals surface area contributed by atoms with Crippen molar-refractivity contribution < 1.29 is 13.2 Å². The zero-order chi connectivity index (χ0) is 18.7. The van der Waals surface area contributed by atoms with Gasteiger partial charge in [0.25, 0.3) is 5.91 Å². The molecule has 3 aromatic carbocycles. The van der Waals surface area contributed by atoms with Crippen LogP contribution in [0.1, 0.15) is 35.8 Å². The fourth-order valence-corrected chi connectivity index (χ4v) is 4.15. The van der Waals surface area contributed by atoms with Crippen LogP contribution >= 0.6 is 0 Å². The third kappa shape index (κ3) is 3.48. The van der Waals surface area contributed by atoms with Crippen LogP contribution < -0.4 is 5.32 Å². The molecule has 0 aliphatic rings. The molecule has 1 atom stereocenters. The maximum Gasteiger partial charge on any atom is 0.253 e. The summed E-state index contributed by atoms with van der Waals surface area (Å²) in [6.07, 6.45) is 0. The Morgan fingerprint density at radius 1 is 0.962 bits per heavy atom. The number of carbonyl (C=O) groups excluding carboxylic acids is 1. The summed E-state index contributed by atoms with van der Waals surface area (Å²) in [5.74, 6) is -0.436. The Bertz CT molecular complexity index is 1050. The Morgan fingerprint density at radius 3 is 2.38 bits per heavy atom. The number of benzene rings is 3. The van der Waals surface area contributed by atoms with Gasteiger partial charge in [0.1, 0.15) is 0 Å². The van der Waals surface area contributed by atoms with E-state index in [2.05, 4.69) is 5.32 Å². The monoisotopic (exact) mass is 367 g/mol. The van der Waals surface area contributed by atoms with Crippen molar-refractivity contribution in [1.82, 2.24) is 5.32 Å². The number of carbonyl (C=O) groups is 1. The highest BCUT2D eigenvalue weighted by Gasteiger charge is 2.22. The molecule has 26 heavy (non-hydrogen) atoms. The van der Waals surface area contributed by atoms with Crippen molar-refractivity contribution in [3.63, 3.8) is 0 Å². The number of amides is 1. The first-order valence-corrected chi connectivity index (χ1v) is 10.2. The van der Waals surface area contributed by atoms with E-state index in [9.17, 15) is 13.2 Å². The molecule has 0 saturated heterocycles. The summed E-state index contributed by atoms with van der Waals surface area (Å²) in [4.78, 5) is 12.8. The standard InChI is InChI=1S/C21H21NO3S/c1-3-26(24,25)20-14-7-6-12-19(20)21(23)22-15(2)17-13-8-10-16-9-4-5-11-18(16)17/h4-15H,3H2,1-2H3,(H,22,23)/t15-/m0/s1. The molecule has 0 aromatic heterocycles. The van der Waals surface area contributed by atoms with Crippen molar-refractivity contribution >= 4 is 26.5 Å². The van der Waals surface area contributed by atoms with Gasteiger partial charge < -0.3 is 5.32 Å². The van der Waals surface area contributed by atoms with Gasteiger partial charge in [0, 0.05) is 0 Å². The zero-order valence-corrected chi connectivity index (χ0v) is 15.6. The van der Waals surface area contributed by atoms with Crippen molar-refractivity contribution in [1.29, 1.82) is 0 Å². The van der Waals surface area contributed by atoms with E-state index in [1.807, 2.05) is 49.4 Å². The first-order valence-electron chi connectivity index (χ1n) is 8.54. The first-order chi connectivity index (χ1) is 12.4. The summed E-state index contributed by atoms with van der Waals surface area (Å²) in [6, 6.07) is 20.0. The lowest BCUT2D eigenvalue weighted by Gasteiger charge is -2.18. The summed E-state index contributed by atoms with van der Waals surface area (Å²) >= 11 is 0. The minimum absolute atomic E-state index is 0.0455. The largest absolute Gasteiger partial charge is 0.345 e. The van der Waals surface area contributed by atoms with E-state index in [1.54, 1.807) is 25.1 Å². The van der Waals surface area contributed by atoms with E-state index in [4.69, 9.17) is 0 Å². The summed E-state index contributed by atoms with van der Waals surface area (Å²) in [5.41, 5.74) is 1.17. The van der Waals surface area contributed by atoms with Gasteiger partial charge >= 0.3 is 0 Å². The summed E-state index contributed by atoms with van der Waals surface area (Å²) in [7, 11) is -3.47. The molecule has 0 aliphatic carbocycles. The van der Waals surface area contributed by atoms with Crippen LogP contribution in [0.15, 0.2) is 71.6 Å². The minimum Gasteiger partial charge on any atom is -0.345 e. The van der Waals surface area contributed by atoms with Gasteiger partial charge in [-0.1, -0.05) is 61.5 Å². The Balaban J connectivity index is 1.94. The molecule has 0 saturated carbocycles. The van der Waals surface area contributed by atoms with Gasteiger partial charge in [0.2, 0.25) is 0 Å². The number of rotatable bonds is 5. The Hall–Kier alpha value is -2.66. The van der Waals surface area contributed by atoms with Gasteiger partial charge in [0.05, 0.1) is 22.3 Å². The Labute approximate surface area is 153 Å². The number of nitrogens with one attached hydrogen (secondary N) is 1. The summed E-state index contributed by atoms with van der Waals surface area (Å²) < 4.78 is 24.6. The smallest absolute Gasteiger partial charge is 0.253 e. The second kappa shape index (κ2) is 7.30. The predicted molar refractivity (Wildman–Crippen MR) is 104 cm³/mol. The third-order valence-electron chi connectivity index (χ3n) is 4.48. The van der Waals surface area contributed by atoms with Gasteiger partial charge in [-0.15, -0.1) is 0 Å². The molecular formula is C21H21NO3S. The molecule has 134 valence electrons. The average Bonchev–Trinajstić information content (AvgIpc) is 2.67. The van der Waals surface area contributed by atoms with Gasteiger partial charge in [-0.05, 0) is 35.4 Å². The van der Waals surface area contributed by atoms with Crippen LogP contribution in [0.4, 0.5) is 0 Å². The van der Waals surface area contributed by atoms with Crippen LogP contribution in [0.25, 0.3) is 10.8 Å². The van der Waals surface area contributed by atoms with E-state index < -0.39 is 15.7 Å². The second-order valence-electron chi connectivity index (χ2n) is 6.16. The van der Waals surface area contributed by atoms with E-state index >= 15 is 0 Å². The van der Waals surface area contributed by atoms with E-state index in [1.165, 1.54) is 6.07 Å². The maximum atomic E-state index is 12.8. The molecule has 1 amide bonds. The molecule has 0 radical (unpaired) electrons. The summed E-state index contributed by atoms with van der Waals surface area (Å²) in [6.45, 7) is 3.47. The number of hydrogen-bond acceptors (Lipinski definition) is 3. The van der Waals surface area contributed by atoms with Crippen molar-refractivity contribution in [3.05, 3.63) is 77.9 Å². The van der Waals surface area contributed by atoms with Crippen LogP contribution in [0.2, 0.25) is 0 Å². The normalized spacial score (nSPS) is 12.7. The van der Waals surface area contributed by atoms with Crippen molar-refractivity contribution in [2.45, 2.75) is 24.8 Å². The lowest BCUT2D eigenvalue weighted by atomic mass is 9.99. The van der Waals surface area contributed by atoms with Crippen molar-refractivity contribution in [3.8, 4) is 0 Å². The fourth-order valence-electron chi connectivity index (χ4n) is 3.06. The van der Waals surface area contributed by atoms with Gasteiger partial charge in [-0.3, -0.25) is 4.79 Å². The van der Waals surface area contributed by atoms with E-state index in [-0.39, 0.29) is 22.3 Å². The molecule has 0 aliphatic heterocycles.